The molecule has 2 saturated heterocycles. The van der Waals surface area contributed by atoms with Gasteiger partial charge in [-0.2, -0.15) is 5.10 Å². The Bertz CT molecular complexity index is 726. The van der Waals surface area contributed by atoms with Crippen LogP contribution >= 0.6 is 0 Å². The number of hydrogen-bond donors (Lipinski definition) is 2. The van der Waals surface area contributed by atoms with Gasteiger partial charge in [0.05, 0.1) is 17.1 Å². The van der Waals surface area contributed by atoms with Crippen LogP contribution in [0.3, 0.4) is 0 Å². The highest BCUT2D eigenvalue weighted by Crippen LogP contribution is 2.33. The number of nitrogens with one attached hydrogen (secondary N) is 2. The third-order valence-electron chi connectivity index (χ3n) is 5.19. The first kappa shape index (κ1) is 15.4. The Labute approximate surface area is 142 Å². The highest BCUT2D eigenvalue weighted by molar-refractivity contribution is 5.92. The lowest BCUT2D eigenvalue weighted by Crippen LogP contribution is -2.39. The summed E-state index contributed by atoms with van der Waals surface area (Å²) in [6.07, 6.45) is 7.33. The average Bonchev–Trinajstić information content (AvgIpc) is 3.13. The lowest BCUT2D eigenvalue weighted by molar-refractivity contribution is -0.117. The molecule has 4 rings (SSSR count). The minimum absolute atomic E-state index is 0.109. The zero-order valence-corrected chi connectivity index (χ0v) is 14.0. The summed E-state index contributed by atoms with van der Waals surface area (Å²) in [6, 6.07) is 11.0. The predicted octanol–water partition coefficient (Wildman–Crippen LogP) is 3.04. The summed E-state index contributed by atoms with van der Waals surface area (Å²) in [5.41, 5.74) is 2.69. The molecule has 2 atom stereocenters. The van der Waals surface area contributed by atoms with Crippen molar-refractivity contribution in [2.24, 2.45) is 5.92 Å². The number of aryl methyl sites for hydroxylation is 1. The van der Waals surface area contributed by atoms with Crippen LogP contribution in [0.25, 0.3) is 5.69 Å². The van der Waals surface area contributed by atoms with Gasteiger partial charge in [0.2, 0.25) is 5.91 Å². The zero-order valence-electron chi connectivity index (χ0n) is 14.0. The Balaban J connectivity index is 1.44. The quantitative estimate of drug-likeness (QED) is 0.909. The first-order valence-corrected chi connectivity index (χ1v) is 8.85. The first-order valence-electron chi connectivity index (χ1n) is 8.85. The van der Waals surface area contributed by atoms with E-state index >= 15 is 0 Å². The van der Waals surface area contributed by atoms with Crippen molar-refractivity contribution in [3.05, 3.63) is 42.2 Å². The van der Waals surface area contributed by atoms with Crippen LogP contribution in [0.4, 0.5) is 5.69 Å². The number of rotatable bonds is 4. The van der Waals surface area contributed by atoms with Crippen LogP contribution in [-0.4, -0.2) is 27.8 Å². The minimum atomic E-state index is 0.109. The molecule has 2 fully saturated rings. The maximum absolute atomic E-state index is 12.5. The predicted molar refractivity (Wildman–Crippen MR) is 94.2 cm³/mol. The van der Waals surface area contributed by atoms with Crippen LogP contribution in [0, 0.1) is 12.8 Å². The van der Waals surface area contributed by atoms with Crippen molar-refractivity contribution < 1.29 is 4.79 Å². The topological polar surface area (TPSA) is 59.0 Å². The van der Waals surface area contributed by atoms with Gasteiger partial charge in [-0.25, -0.2) is 4.68 Å². The van der Waals surface area contributed by atoms with E-state index in [2.05, 4.69) is 15.7 Å². The molecule has 3 heterocycles. The fourth-order valence-corrected chi connectivity index (χ4v) is 4.13. The van der Waals surface area contributed by atoms with Crippen molar-refractivity contribution in [3.8, 4) is 5.69 Å². The molecule has 1 aromatic carbocycles. The molecule has 5 nitrogen and oxygen atoms in total. The molecule has 0 radical (unpaired) electrons. The van der Waals surface area contributed by atoms with Crippen molar-refractivity contribution in [2.45, 2.75) is 51.1 Å². The van der Waals surface area contributed by atoms with E-state index in [1.807, 2.05) is 48.1 Å². The molecule has 5 heteroatoms. The number of carbonyl (C=O) groups excluding carboxylic acids is 1. The number of amides is 1. The summed E-state index contributed by atoms with van der Waals surface area (Å²) in [4.78, 5) is 12.5. The number of para-hydroxylation sites is 2. The lowest BCUT2D eigenvalue weighted by atomic mass is 9.89. The summed E-state index contributed by atoms with van der Waals surface area (Å²) >= 11 is 0. The van der Waals surface area contributed by atoms with E-state index in [0.717, 1.165) is 29.9 Å². The van der Waals surface area contributed by atoms with Crippen molar-refractivity contribution >= 4 is 11.6 Å². The summed E-state index contributed by atoms with van der Waals surface area (Å²) in [5, 5.41) is 11.2. The SMILES string of the molecule is Cc1ccn(-c2ccccc2NC(=O)CC2CC3CCC(C2)N3)n1. The number of aromatic nitrogens is 2. The highest BCUT2D eigenvalue weighted by atomic mass is 16.1. The second-order valence-electron chi connectivity index (χ2n) is 7.15. The Morgan fingerprint density at radius 3 is 2.71 bits per heavy atom. The fraction of sp³-hybridized carbons (Fsp3) is 0.474. The van der Waals surface area contributed by atoms with Gasteiger partial charge in [-0.05, 0) is 56.7 Å². The first-order chi connectivity index (χ1) is 11.7. The van der Waals surface area contributed by atoms with Gasteiger partial charge in [-0.3, -0.25) is 4.79 Å². The molecule has 0 aliphatic carbocycles. The van der Waals surface area contributed by atoms with Gasteiger partial charge in [-0.1, -0.05) is 12.1 Å². The van der Waals surface area contributed by atoms with Crippen LogP contribution in [0.5, 0.6) is 0 Å². The molecule has 126 valence electrons. The van der Waals surface area contributed by atoms with E-state index in [1.54, 1.807) is 0 Å². The van der Waals surface area contributed by atoms with Gasteiger partial charge < -0.3 is 10.6 Å². The summed E-state index contributed by atoms with van der Waals surface area (Å²) in [7, 11) is 0. The number of benzene rings is 1. The number of anilines is 1. The molecule has 2 bridgehead atoms. The van der Waals surface area contributed by atoms with Gasteiger partial charge in [0.25, 0.3) is 0 Å². The summed E-state index contributed by atoms with van der Waals surface area (Å²) in [6.45, 7) is 1.96. The van der Waals surface area contributed by atoms with Crippen LogP contribution in [-0.2, 0) is 4.79 Å². The highest BCUT2D eigenvalue weighted by Gasteiger charge is 2.34. The standard InChI is InChI=1S/C19H24N4O/c1-13-8-9-23(22-13)18-5-3-2-4-17(18)21-19(24)12-14-10-15-6-7-16(11-14)20-15/h2-5,8-9,14-16,20H,6-7,10-12H2,1H3,(H,21,24). The zero-order chi connectivity index (χ0) is 16.5. The number of carbonyl (C=O) groups is 1. The molecule has 2 unspecified atom stereocenters. The molecule has 1 aromatic heterocycles. The van der Waals surface area contributed by atoms with Crippen molar-refractivity contribution in [2.75, 3.05) is 5.32 Å². The molecule has 24 heavy (non-hydrogen) atoms. The molecule has 1 amide bonds. The van der Waals surface area contributed by atoms with Gasteiger partial charge in [0, 0.05) is 24.7 Å². The van der Waals surface area contributed by atoms with Gasteiger partial charge >= 0.3 is 0 Å². The fourth-order valence-electron chi connectivity index (χ4n) is 4.13. The number of piperidine rings is 1. The van der Waals surface area contributed by atoms with Crippen molar-refractivity contribution in [1.82, 2.24) is 15.1 Å². The summed E-state index contributed by atoms with van der Waals surface area (Å²) in [5.74, 6) is 0.612. The van der Waals surface area contributed by atoms with Crippen molar-refractivity contribution in [1.29, 1.82) is 0 Å². The molecular formula is C19H24N4O. The molecule has 0 saturated carbocycles. The van der Waals surface area contributed by atoms with E-state index in [4.69, 9.17) is 0 Å². The van der Waals surface area contributed by atoms with Crippen LogP contribution < -0.4 is 10.6 Å². The molecule has 2 aromatic rings. The van der Waals surface area contributed by atoms with Crippen LogP contribution in [0.2, 0.25) is 0 Å². The second-order valence-corrected chi connectivity index (χ2v) is 7.15. The molecule has 2 N–H and O–H groups in total. The van der Waals surface area contributed by atoms with E-state index in [1.165, 1.54) is 12.8 Å². The third kappa shape index (κ3) is 3.22. The van der Waals surface area contributed by atoms with Gasteiger partial charge in [0.1, 0.15) is 0 Å². The molecule has 2 aliphatic heterocycles. The lowest BCUT2D eigenvalue weighted by Gasteiger charge is -2.28. The monoisotopic (exact) mass is 324 g/mol. The second kappa shape index (κ2) is 6.40. The average molecular weight is 324 g/mol. The molecule has 2 aliphatic rings. The van der Waals surface area contributed by atoms with E-state index in [9.17, 15) is 4.79 Å². The maximum atomic E-state index is 12.5. The largest absolute Gasteiger partial charge is 0.324 e. The Kier molecular flexibility index (Phi) is 4.10. The van der Waals surface area contributed by atoms with Gasteiger partial charge in [0.15, 0.2) is 0 Å². The van der Waals surface area contributed by atoms with E-state index in [0.29, 0.717) is 24.4 Å². The minimum Gasteiger partial charge on any atom is -0.324 e. The van der Waals surface area contributed by atoms with Crippen LogP contribution in [0.15, 0.2) is 36.5 Å². The summed E-state index contributed by atoms with van der Waals surface area (Å²) < 4.78 is 1.82. The number of hydrogen-bond acceptors (Lipinski definition) is 3. The van der Waals surface area contributed by atoms with Gasteiger partial charge in [-0.15, -0.1) is 0 Å². The number of fused-ring (bicyclic) bond motifs is 2. The normalized spacial score (nSPS) is 25.6. The van der Waals surface area contributed by atoms with Crippen molar-refractivity contribution in [3.63, 3.8) is 0 Å². The smallest absolute Gasteiger partial charge is 0.224 e. The number of nitrogens with zero attached hydrogens (tertiary/aromatic N) is 2. The van der Waals surface area contributed by atoms with E-state index < -0.39 is 0 Å². The maximum Gasteiger partial charge on any atom is 0.224 e. The van der Waals surface area contributed by atoms with E-state index in [-0.39, 0.29) is 5.91 Å². The Morgan fingerprint density at radius 1 is 1.25 bits per heavy atom. The van der Waals surface area contributed by atoms with Crippen LogP contribution in [0.1, 0.15) is 37.8 Å². The Morgan fingerprint density at radius 2 is 2.00 bits per heavy atom. The molecular weight excluding hydrogens is 300 g/mol. The molecule has 0 spiro atoms. The third-order valence-corrected chi connectivity index (χ3v) is 5.19. The Hall–Kier alpha value is -2.14.